The molecule has 1 heterocycles. The van der Waals surface area contributed by atoms with Crippen molar-refractivity contribution >= 4 is 22.6 Å². The fourth-order valence-electron chi connectivity index (χ4n) is 3.28. The van der Waals surface area contributed by atoms with Crippen LogP contribution in [0.15, 0.2) is 12.1 Å². The summed E-state index contributed by atoms with van der Waals surface area (Å²) < 4.78 is 21.1. The predicted octanol–water partition coefficient (Wildman–Crippen LogP) is 4.28. The van der Waals surface area contributed by atoms with E-state index in [2.05, 4.69) is 16.5 Å². The molecule has 1 aliphatic carbocycles. The highest BCUT2D eigenvalue weighted by molar-refractivity contribution is 6.16. The monoisotopic (exact) mass is 296 g/mol. The molecule has 0 saturated heterocycles. The van der Waals surface area contributed by atoms with Crippen LogP contribution in [0.3, 0.4) is 0 Å². The first kappa shape index (κ1) is 13.7. The minimum absolute atomic E-state index is 0.255. The average molecular weight is 297 g/mol. The van der Waals surface area contributed by atoms with Gasteiger partial charge in [-0.3, -0.25) is 0 Å². The summed E-state index contributed by atoms with van der Waals surface area (Å²) in [5.74, 6) is 1.61. The molecule has 2 atom stereocenters. The van der Waals surface area contributed by atoms with Crippen LogP contribution < -0.4 is 4.74 Å². The Hall–Kier alpha value is -1.29. The van der Waals surface area contributed by atoms with E-state index >= 15 is 0 Å². The van der Waals surface area contributed by atoms with E-state index in [4.69, 9.17) is 16.3 Å². The number of methoxy groups -OCH3 is 1. The average Bonchev–Trinajstić information content (AvgIpc) is 3.00. The molecule has 1 aromatic carbocycles. The number of hydrogen-bond acceptors (Lipinski definition) is 2. The van der Waals surface area contributed by atoms with Crippen molar-refractivity contribution in [2.75, 3.05) is 7.11 Å². The molecule has 108 valence electrons. The number of fused-ring (bicyclic) bond motifs is 1. The summed E-state index contributed by atoms with van der Waals surface area (Å²) >= 11 is 6.03. The summed E-state index contributed by atoms with van der Waals surface area (Å²) in [6, 6.07) is 3.56. The number of benzene rings is 1. The molecule has 0 bridgehead atoms. The second-order valence-electron chi connectivity index (χ2n) is 5.48. The number of imidazole rings is 1. The van der Waals surface area contributed by atoms with Gasteiger partial charge in [-0.15, -0.1) is 11.6 Å². The van der Waals surface area contributed by atoms with Crippen LogP contribution in [-0.4, -0.2) is 16.7 Å². The zero-order valence-corrected chi connectivity index (χ0v) is 12.5. The van der Waals surface area contributed by atoms with E-state index in [0.717, 1.165) is 17.8 Å². The van der Waals surface area contributed by atoms with E-state index < -0.39 is 0 Å². The third-order valence-electron chi connectivity index (χ3n) is 4.30. The van der Waals surface area contributed by atoms with E-state index in [1.807, 2.05) is 0 Å². The second-order valence-corrected chi connectivity index (χ2v) is 5.75. The molecule has 2 unspecified atom stereocenters. The fraction of sp³-hybridized carbons (Fsp3) is 0.533. The topological polar surface area (TPSA) is 27.1 Å². The summed E-state index contributed by atoms with van der Waals surface area (Å²) in [6.07, 6.45) is 3.55. The normalized spacial score (nSPS) is 22.6. The Bertz CT molecular complexity index is 640. The smallest absolute Gasteiger partial charge is 0.167 e. The second kappa shape index (κ2) is 5.24. The Kier molecular flexibility index (Phi) is 3.59. The first-order valence-corrected chi connectivity index (χ1v) is 7.49. The first-order valence-electron chi connectivity index (χ1n) is 6.96. The number of rotatable bonds is 3. The van der Waals surface area contributed by atoms with Crippen LogP contribution in [0.5, 0.6) is 5.75 Å². The van der Waals surface area contributed by atoms with Crippen LogP contribution in [0.25, 0.3) is 11.0 Å². The zero-order chi connectivity index (χ0) is 14.3. The predicted molar refractivity (Wildman–Crippen MR) is 77.9 cm³/mol. The Morgan fingerprint density at radius 1 is 1.45 bits per heavy atom. The lowest BCUT2D eigenvalue weighted by Gasteiger charge is -2.20. The molecule has 0 radical (unpaired) electrons. The number of ether oxygens (including phenoxy) is 1. The van der Waals surface area contributed by atoms with Crippen molar-refractivity contribution in [1.29, 1.82) is 0 Å². The van der Waals surface area contributed by atoms with Crippen molar-refractivity contribution < 1.29 is 9.13 Å². The van der Waals surface area contributed by atoms with E-state index in [0.29, 0.717) is 23.4 Å². The first-order chi connectivity index (χ1) is 9.65. The molecule has 1 aliphatic rings. The maximum absolute atomic E-state index is 13.8. The van der Waals surface area contributed by atoms with Crippen molar-refractivity contribution in [2.24, 2.45) is 5.92 Å². The Morgan fingerprint density at radius 3 is 2.85 bits per heavy atom. The van der Waals surface area contributed by atoms with Gasteiger partial charge in [0.05, 0.1) is 24.0 Å². The van der Waals surface area contributed by atoms with Gasteiger partial charge >= 0.3 is 0 Å². The molecule has 1 aromatic heterocycles. The number of aromatic nitrogens is 2. The lowest BCUT2D eigenvalue weighted by molar-refractivity contribution is 0.385. The van der Waals surface area contributed by atoms with Crippen molar-refractivity contribution in [2.45, 2.75) is 38.1 Å². The van der Waals surface area contributed by atoms with Crippen molar-refractivity contribution in [1.82, 2.24) is 9.55 Å². The Labute approximate surface area is 122 Å². The third kappa shape index (κ3) is 2.06. The summed E-state index contributed by atoms with van der Waals surface area (Å²) in [7, 11) is 1.48. The lowest BCUT2D eigenvalue weighted by Crippen LogP contribution is -2.14. The molecule has 0 N–H and O–H groups in total. The van der Waals surface area contributed by atoms with Crippen molar-refractivity contribution in [3.63, 3.8) is 0 Å². The van der Waals surface area contributed by atoms with Gasteiger partial charge in [-0.25, -0.2) is 9.37 Å². The van der Waals surface area contributed by atoms with Crippen LogP contribution >= 0.6 is 11.6 Å². The highest BCUT2D eigenvalue weighted by atomic mass is 35.5. The quantitative estimate of drug-likeness (QED) is 0.790. The SMILES string of the molecule is COc1cc2c(cc1F)nc(CCl)n2C1CCCC1C. The van der Waals surface area contributed by atoms with Gasteiger partial charge in [0, 0.05) is 18.2 Å². The molecule has 3 rings (SSSR count). The van der Waals surface area contributed by atoms with E-state index in [1.54, 1.807) is 6.07 Å². The van der Waals surface area contributed by atoms with Gasteiger partial charge in [-0.05, 0) is 18.8 Å². The number of nitrogens with zero attached hydrogens (tertiary/aromatic N) is 2. The molecule has 0 amide bonds. The molecule has 3 nitrogen and oxygen atoms in total. The zero-order valence-electron chi connectivity index (χ0n) is 11.7. The minimum atomic E-state index is -0.384. The van der Waals surface area contributed by atoms with Gasteiger partial charge in [-0.2, -0.15) is 0 Å². The molecular weight excluding hydrogens is 279 g/mol. The standard InChI is InChI=1S/C15H18ClFN2O/c1-9-4-3-5-12(9)19-13-7-14(20-2)10(17)6-11(13)18-15(19)8-16/h6-7,9,12H,3-5,8H2,1-2H3. The van der Waals surface area contributed by atoms with Crippen LogP contribution in [0.2, 0.25) is 0 Å². The summed E-state index contributed by atoms with van der Waals surface area (Å²) in [5, 5.41) is 0. The van der Waals surface area contributed by atoms with E-state index in [9.17, 15) is 4.39 Å². The number of alkyl halides is 1. The van der Waals surface area contributed by atoms with Gasteiger partial charge < -0.3 is 9.30 Å². The largest absolute Gasteiger partial charge is 0.494 e. The van der Waals surface area contributed by atoms with Gasteiger partial charge in [0.1, 0.15) is 5.82 Å². The van der Waals surface area contributed by atoms with Crippen LogP contribution in [0.1, 0.15) is 38.1 Å². The third-order valence-corrected chi connectivity index (χ3v) is 4.54. The van der Waals surface area contributed by atoms with Gasteiger partial charge in [0.2, 0.25) is 0 Å². The Balaban J connectivity index is 2.22. The molecule has 5 heteroatoms. The van der Waals surface area contributed by atoms with E-state index in [-0.39, 0.29) is 11.6 Å². The number of halogens is 2. The summed E-state index contributed by atoms with van der Waals surface area (Å²) in [4.78, 5) is 4.48. The summed E-state index contributed by atoms with van der Waals surface area (Å²) in [5.41, 5.74) is 1.57. The van der Waals surface area contributed by atoms with Gasteiger partial charge in [0.25, 0.3) is 0 Å². The van der Waals surface area contributed by atoms with E-state index in [1.165, 1.54) is 26.0 Å². The van der Waals surface area contributed by atoms with Crippen LogP contribution in [-0.2, 0) is 5.88 Å². The Morgan fingerprint density at radius 2 is 2.25 bits per heavy atom. The molecular formula is C15H18ClFN2O. The van der Waals surface area contributed by atoms with Crippen LogP contribution in [0.4, 0.5) is 4.39 Å². The molecule has 0 aliphatic heterocycles. The molecule has 0 spiro atoms. The molecule has 1 fully saturated rings. The molecule has 20 heavy (non-hydrogen) atoms. The highest BCUT2D eigenvalue weighted by Gasteiger charge is 2.28. The molecule has 1 saturated carbocycles. The van der Waals surface area contributed by atoms with Crippen molar-refractivity contribution in [3.05, 3.63) is 23.8 Å². The lowest BCUT2D eigenvalue weighted by atomic mass is 10.1. The maximum atomic E-state index is 13.8. The minimum Gasteiger partial charge on any atom is -0.494 e. The van der Waals surface area contributed by atoms with Gasteiger partial charge in [-0.1, -0.05) is 13.3 Å². The fourth-order valence-corrected chi connectivity index (χ4v) is 3.47. The van der Waals surface area contributed by atoms with Crippen LogP contribution in [0, 0.1) is 11.7 Å². The summed E-state index contributed by atoms with van der Waals surface area (Å²) in [6.45, 7) is 2.25. The van der Waals surface area contributed by atoms with Gasteiger partial charge in [0.15, 0.2) is 11.6 Å². The maximum Gasteiger partial charge on any atom is 0.167 e. The number of hydrogen-bond donors (Lipinski definition) is 0. The highest BCUT2D eigenvalue weighted by Crippen LogP contribution is 2.39. The van der Waals surface area contributed by atoms with Crippen molar-refractivity contribution in [3.8, 4) is 5.75 Å². The molecule has 2 aromatic rings.